The second-order valence-corrected chi connectivity index (χ2v) is 5.03. The van der Waals surface area contributed by atoms with Gasteiger partial charge in [-0.2, -0.15) is 0 Å². The molecule has 0 aliphatic carbocycles. The highest BCUT2D eigenvalue weighted by Gasteiger charge is 2.24. The molecule has 0 atom stereocenters. The van der Waals surface area contributed by atoms with Gasteiger partial charge in [-0.05, 0) is 43.3 Å². The Morgan fingerprint density at radius 3 is 2.17 bits per heavy atom. The number of hydrogen-bond acceptors (Lipinski definition) is 2. The average Bonchev–Trinajstić information content (AvgIpc) is 2.52. The molecule has 0 aromatic heterocycles. The summed E-state index contributed by atoms with van der Waals surface area (Å²) in [6.07, 6.45) is -2.86. The third-order valence-electron chi connectivity index (χ3n) is 3.31. The molecule has 0 radical (unpaired) electrons. The Balaban J connectivity index is 2.41. The second-order valence-electron chi connectivity index (χ2n) is 5.03. The number of hydrogen-bond donors (Lipinski definition) is 0. The van der Waals surface area contributed by atoms with Gasteiger partial charge < -0.3 is 4.90 Å². The summed E-state index contributed by atoms with van der Waals surface area (Å²) in [5.41, 5.74) is -0.382. The standard InChI is InChI=1S/C17H13F4NO2/c1-10(23)11-2-7-14(15(19)8-11)17(24)22(9-16(20)21)13-5-3-12(18)4-6-13/h2-8,16H,9H2,1H3. The number of benzene rings is 2. The summed E-state index contributed by atoms with van der Waals surface area (Å²) in [6.45, 7) is 0.260. The van der Waals surface area contributed by atoms with Crippen molar-refractivity contribution >= 4 is 17.4 Å². The summed E-state index contributed by atoms with van der Waals surface area (Å²) in [7, 11) is 0. The van der Waals surface area contributed by atoms with E-state index in [1.165, 1.54) is 13.0 Å². The van der Waals surface area contributed by atoms with Crippen molar-refractivity contribution in [2.45, 2.75) is 13.3 Å². The fraction of sp³-hybridized carbons (Fsp3) is 0.176. The Bertz CT molecular complexity index is 760. The minimum Gasteiger partial charge on any atom is -0.303 e. The van der Waals surface area contributed by atoms with E-state index in [0.717, 1.165) is 36.4 Å². The van der Waals surface area contributed by atoms with Gasteiger partial charge >= 0.3 is 0 Å². The van der Waals surface area contributed by atoms with Crippen LogP contribution in [0.5, 0.6) is 0 Å². The number of ketones is 1. The molecule has 0 fully saturated rings. The molecule has 2 aromatic carbocycles. The van der Waals surface area contributed by atoms with E-state index in [-0.39, 0.29) is 11.3 Å². The van der Waals surface area contributed by atoms with Crippen LogP contribution in [0.2, 0.25) is 0 Å². The lowest BCUT2D eigenvalue weighted by atomic mass is 10.1. The number of carbonyl (C=O) groups excluding carboxylic acids is 2. The molecule has 3 nitrogen and oxygen atoms in total. The summed E-state index contributed by atoms with van der Waals surface area (Å²) in [4.78, 5) is 24.3. The molecule has 2 aromatic rings. The third-order valence-corrected chi connectivity index (χ3v) is 3.31. The van der Waals surface area contributed by atoms with E-state index in [1.54, 1.807) is 0 Å². The van der Waals surface area contributed by atoms with E-state index in [2.05, 4.69) is 0 Å². The van der Waals surface area contributed by atoms with E-state index < -0.39 is 41.9 Å². The van der Waals surface area contributed by atoms with Gasteiger partial charge in [0.15, 0.2) is 5.78 Å². The van der Waals surface area contributed by atoms with Crippen LogP contribution in [0.3, 0.4) is 0 Å². The Morgan fingerprint density at radius 2 is 1.67 bits per heavy atom. The molecule has 0 bridgehead atoms. The number of alkyl halides is 2. The monoisotopic (exact) mass is 339 g/mol. The normalized spacial score (nSPS) is 10.8. The van der Waals surface area contributed by atoms with E-state index in [4.69, 9.17) is 0 Å². The predicted octanol–water partition coefficient (Wildman–Crippen LogP) is 4.08. The zero-order valence-electron chi connectivity index (χ0n) is 12.6. The van der Waals surface area contributed by atoms with Crippen LogP contribution >= 0.6 is 0 Å². The zero-order chi connectivity index (χ0) is 17.9. The van der Waals surface area contributed by atoms with Crippen LogP contribution in [0.4, 0.5) is 23.2 Å². The lowest BCUT2D eigenvalue weighted by molar-refractivity contribution is 0.0940. The van der Waals surface area contributed by atoms with E-state index >= 15 is 0 Å². The van der Waals surface area contributed by atoms with Crippen LogP contribution in [0.25, 0.3) is 0 Å². The first-order valence-electron chi connectivity index (χ1n) is 6.95. The highest BCUT2D eigenvalue weighted by molar-refractivity contribution is 6.07. The SMILES string of the molecule is CC(=O)c1ccc(C(=O)N(CC(F)F)c2ccc(F)cc2)c(F)c1. The smallest absolute Gasteiger partial charge is 0.261 e. The van der Waals surface area contributed by atoms with Gasteiger partial charge in [-0.1, -0.05) is 6.07 Å². The Kier molecular flexibility index (Phi) is 5.33. The molecule has 7 heteroatoms. The number of Topliss-reactive ketones (excluding diaryl/α,β-unsaturated/α-hetero) is 1. The molecule has 0 N–H and O–H groups in total. The van der Waals surface area contributed by atoms with Gasteiger partial charge in [0.1, 0.15) is 11.6 Å². The predicted molar refractivity (Wildman–Crippen MR) is 80.5 cm³/mol. The molecule has 0 saturated heterocycles. The van der Waals surface area contributed by atoms with Crippen LogP contribution < -0.4 is 4.90 Å². The van der Waals surface area contributed by atoms with Crippen LogP contribution in [0.1, 0.15) is 27.6 Å². The van der Waals surface area contributed by atoms with Crippen LogP contribution in [0.15, 0.2) is 42.5 Å². The quantitative estimate of drug-likeness (QED) is 0.608. The van der Waals surface area contributed by atoms with E-state index in [0.29, 0.717) is 4.90 Å². The van der Waals surface area contributed by atoms with Crippen molar-refractivity contribution in [1.29, 1.82) is 0 Å². The first-order valence-corrected chi connectivity index (χ1v) is 6.95. The third kappa shape index (κ3) is 3.98. The number of anilines is 1. The van der Waals surface area contributed by atoms with Crippen molar-refractivity contribution < 1.29 is 27.2 Å². The molecule has 2 rings (SSSR count). The van der Waals surface area contributed by atoms with Gasteiger partial charge in [0.25, 0.3) is 12.3 Å². The molecule has 0 unspecified atom stereocenters. The molecule has 0 heterocycles. The Hall–Kier alpha value is -2.70. The van der Waals surface area contributed by atoms with Crippen molar-refractivity contribution in [2.75, 3.05) is 11.4 Å². The molecule has 24 heavy (non-hydrogen) atoms. The van der Waals surface area contributed by atoms with E-state index in [9.17, 15) is 27.2 Å². The van der Waals surface area contributed by atoms with Gasteiger partial charge in [-0.25, -0.2) is 17.6 Å². The maximum Gasteiger partial charge on any atom is 0.261 e. The highest BCUT2D eigenvalue weighted by Crippen LogP contribution is 2.21. The first-order chi connectivity index (χ1) is 11.3. The van der Waals surface area contributed by atoms with E-state index in [1.807, 2.05) is 0 Å². The van der Waals surface area contributed by atoms with Crippen molar-refractivity contribution in [2.24, 2.45) is 0 Å². The zero-order valence-corrected chi connectivity index (χ0v) is 12.6. The summed E-state index contributed by atoms with van der Waals surface area (Å²) >= 11 is 0. The van der Waals surface area contributed by atoms with Gasteiger partial charge in [0, 0.05) is 11.3 Å². The minimum atomic E-state index is -2.86. The van der Waals surface area contributed by atoms with Crippen LogP contribution in [0, 0.1) is 11.6 Å². The fourth-order valence-electron chi connectivity index (χ4n) is 2.12. The van der Waals surface area contributed by atoms with Gasteiger partial charge in [-0.15, -0.1) is 0 Å². The molecular weight excluding hydrogens is 326 g/mol. The molecule has 0 spiro atoms. The van der Waals surface area contributed by atoms with Crippen molar-refractivity contribution in [3.63, 3.8) is 0 Å². The number of rotatable bonds is 5. The average molecular weight is 339 g/mol. The maximum atomic E-state index is 14.1. The lowest BCUT2D eigenvalue weighted by Gasteiger charge is -2.23. The van der Waals surface area contributed by atoms with Crippen LogP contribution in [-0.4, -0.2) is 24.7 Å². The fourth-order valence-corrected chi connectivity index (χ4v) is 2.12. The first kappa shape index (κ1) is 17.7. The Morgan fingerprint density at radius 1 is 1.04 bits per heavy atom. The van der Waals surface area contributed by atoms with Gasteiger partial charge in [0.05, 0.1) is 12.1 Å². The van der Waals surface area contributed by atoms with Gasteiger partial charge in [-0.3, -0.25) is 9.59 Å². The number of carbonyl (C=O) groups is 2. The molecule has 1 amide bonds. The summed E-state index contributed by atoms with van der Waals surface area (Å²) < 4.78 is 52.6. The molecular formula is C17H13F4NO2. The van der Waals surface area contributed by atoms with Gasteiger partial charge in [0.2, 0.25) is 0 Å². The van der Waals surface area contributed by atoms with Crippen molar-refractivity contribution in [1.82, 2.24) is 0 Å². The number of nitrogens with zero attached hydrogens (tertiary/aromatic N) is 1. The number of halogens is 4. The van der Waals surface area contributed by atoms with Crippen LogP contribution in [-0.2, 0) is 0 Å². The second kappa shape index (κ2) is 7.25. The number of amides is 1. The molecule has 0 aliphatic heterocycles. The topological polar surface area (TPSA) is 37.4 Å². The molecule has 126 valence electrons. The highest BCUT2D eigenvalue weighted by atomic mass is 19.3. The largest absolute Gasteiger partial charge is 0.303 e. The lowest BCUT2D eigenvalue weighted by Crippen LogP contribution is -2.35. The summed E-state index contributed by atoms with van der Waals surface area (Å²) in [5, 5.41) is 0. The van der Waals surface area contributed by atoms with Crippen molar-refractivity contribution in [3.05, 3.63) is 65.2 Å². The molecule has 0 saturated carbocycles. The van der Waals surface area contributed by atoms with Crippen molar-refractivity contribution in [3.8, 4) is 0 Å². The summed E-state index contributed by atoms with van der Waals surface area (Å²) in [6, 6.07) is 7.50. The Labute approximate surface area is 135 Å². The summed E-state index contributed by atoms with van der Waals surface area (Å²) in [5.74, 6) is -2.99. The maximum absolute atomic E-state index is 14.1. The molecule has 0 aliphatic rings. The minimum absolute atomic E-state index is 0.0109.